The minimum absolute atomic E-state index is 0.00940. The Morgan fingerprint density at radius 3 is 2.00 bits per heavy atom. The number of carbonyl (C=O) groups excluding carboxylic acids is 2. The molecule has 0 aliphatic rings. The van der Waals surface area contributed by atoms with E-state index in [0.29, 0.717) is 17.9 Å². The molecule has 45 heavy (non-hydrogen) atoms. The molecule has 0 aromatic heterocycles. The average Bonchev–Trinajstić information content (AvgIpc) is 3.03. The lowest BCUT2D eigenvalue weighted by molar-refractivity contribution is -0.140. The smallest absolute Gasteiger partial charge is 0.264 e. The minimum Gasteiger partial charge on any atom is -0.494 e. The van der Waals surface area contributed by atoms with Gasteiger partial charge in [-0.05, 0) is 80.4 Å². The van der Waals surface area contributed by atoms with Crippen molar-refractivity contribution in [2.45, 2.75) is 50.7 Å². The van der Waals surface area contributed by atoms with Crippen molar-refractivity contribution in [1.82, 2.24) is 10.2 Å². The van der Waals surface area contributed by atoms with E-state index in [0.717, 1.165) is 9.87 Å². The zero-order valence-electron chi connectivity index (χ0n) is 25.6. The van der Waals surface area contributed by atoms with Crippen molar-refractivity contribution < 1.29 is 27.1 Å². The SMILES string of the molecule is CCOc1ccc(N(CC(=O)N(Cc2ccc(F)cc2)C(Cc2ccccc2)C(=O)NC(C)C)S(=O)(=O)c2ccccc2)cc1. The highest BCUT2D eigenvalue weighted by molar-refractivity contribution is 7.92. The van der Waals surface area contributed by atoms with E-state index in [9.17, 15) is 22.4 Å². The second-order valence-corrected chi connectivity index (χ2v) is 12.6. The average molecular weight is 632 g/mol. The molecule has 4 rings (SSSR count). The Bertz CT molecular complexity index is 1650. The monoisotopic (exact) mass is 631 g/mol. The predicted octanol–water partition coefficient (Wildman–Crippen LogP) is 5.58. The summed E-state index contributed by atoms with van der Waals surface area (Å²) in [6, 6.07) is 28.0. The molecule has 0 spiro atoms. The summed E-state index contributed by atoms with van der Waals surface area (Å²) in [5.41, 5.74) is 1.65. The maximum Gasteiger partial charge on any atom is 0.264 e. The molecule has 0 fully saturated rings. The molecular formula is C35H38FN3O5S. The maximum absolute atomic E-state index is 14.4. The first-order valence-electron chi connectivity index (χ1n) is 14.8. The molecule has 10 heteroatoms. The normalized spacial score (nSPS) is 11.9. The lowest BCUT2D eigenvalue weighted by atomic mass is 10.0. The van der Waals surface area contributed by atoms with Gasteiger partial charge < -0.3 is 15.0 Å². The van der Waals surface area contributed by atoms with Gasteiger partial charge in [-0.2, -0.15) is 0 Å². The predicted molar refractivity (Wildman–Crippen MR) is 173 cm³/mol. The number of halogens is 1. The van der Waals surface area contributed by atoms with Crippen LogP contribution in [0.3, 0.4) is 0 Å². The molecule has 0 aliphatic heterocycles. The standard InChI is InChI=1S/C35H38FN3O5S/c1-4-44-31-21-19-30(20-22-31)39(45(42,43)32-13-9-6-10-14-32)25-34(40)38(24-28-15-17-29(36)18-16-28)33(35(41)37-26(2)3)23-27-11-7-5-8-12-27/h5-22,26,33H,4,23-25H2,1-3H3,(H,37,41). The molecule has 0 heterocycles. The third-order valence-electron chi connectivity index (χ3n) is 7.01. The number of hydrogen-bond acceptors (Lipinski definition) is 5. The van der Waals surface area contributed by atoms with Crippen LogP contribution in [-0.4, -0.2) is 50.4 Å². The Morgan fingerprint density at radius 1 is 0.822 bits per heavy atom. The van der Waals surface area contributed by atoms with Crippen molar-refractivity contribution in [1.29, 1.82) is 0 Å². The number of sulfonamides is 1. The summed E-state index contributed by atoms with van der Waals surface area (Å²) in [4.78, 5) is 29.5. The van der Waals surface area contributed by atoms with Gasteiger partial charge in [-0.15, -0.1) is 0 Å². The molecule has 4 aromatic rings. The number of ether oxygens (including phenoxy) is 1. The van der Waals surface area contributed by atoms with E-state index in [1.165, 1.54) is 29.2 Å². The van der Waals surface area contributed by atoms with Gasteiger partial charge in [0.15, 0.2) is 0 Å². The number of amides is 2. The van der Waals surface area contributed by atoms with Gasteiger partial charge in [0.1, 0.15) is 24.2 Å². The van der Waals surface area contributed by atoms with Crippen LogP contribution >= 0.6 is 0 Å². The zero-order chi connectivity index (χ0) is 32.4. The van der Waals surface area contributed by atoms with Gasteiger partial charge in [0.2, 0.25) is 11.8 Å². The second kappa shape index (κ2) is 15.3. The topological polar surface area (TPSA) is 96.0 Å². The number of hydrogen-bond donors (Lipinski definition) is 1. The highest BCUT2D eigenvalue weighted by Gasteiger charge is 2.34. The Balaban J connectivity index is 1.79. The van der Waals surface area contributed by atoms with Crippen molar-refractivity contribution in [3.63, 3.8) is 0 Å². The molecular weight excluding hydrogens is 593 g/mol. The highest BCUT2D eigenvalue weighted by Crippen LogP contribution is 2.27. The van der Waals surface area contributed by atoms with Crippen molar-refractivity contribution in [2.75, 3.05) is 17.5 Å². The molecule has 4 aromatic carbocycles. The molecule has 236 valence electrons. The first-order valence-corrected chi connectivity index (χ1v) is 16.2. The molecule has 0 saturated heterocycles. The Morgan fingerprint density at radius 2 is 1.42 bits per heavy atom. The Hall–Kier alpha value is -4.70. The lowest BCUT2D eigenvalue weighted by Crippen LogP contribution is -2.54. The summed E-state index contributed by atoms with van der Waals surface area (Å²) in [7, 11) is -4.22. The number of nitrogens with one attached hydrogen (secondary N) is 1. The van der Waals surface area contributed by atoms with Crippen LogP contribution in [0.15, 0.2) is 114 Å². The number of carbonyl (C=O) groups is 2. The van der Waals surface area contributed by atoms with E-state index in [1.807, 2.05) is 51.1 Å². The minimum atomic E-state index is -4.22. The van der Waals surface area contributed by atoms with Gasteiger partial charge in [-0.3, -0.25) is 13.9 Å². The molecule has 1 unspecified atom stereocenters. The van der Waals surface area contributed by atoms with Crippen molar-refractivity contribution >= 4 is 27.5 Å². The van der Waals surface area contributed by atoms with Gasteiger partial charge in [-0.25, -0.2) is 12.8 Å². The highest BCUT2D eigenvalue weighted by atomic mass is 32.2. The van der Waals surface area contributed by atoms with Crippen LogP contribution in [0.4, 0.5) is 10.1 Å². The van der Waals surface area contributed by atoms with E-state index < -0.39 is 34.3 Å². The van der Waals surface area contributed by atoms with Gasteiger partial charge in [0, 0.05) is 19.0 Å². The van der Waals surface area contributed by atoms with Crippen LogP contribution in [0.2, 0.25) is 0 Å². The summed E-state index contributed by atoms with van der Waals surface area (Å²) in [6.45, 7) is 5.28. The number of nitrogens with zero attached hydrogens (tertiary/aromatic N) is 2. The first kappa shape index (κ1) is 33.2. The van der Waals surface area contributed by atoms with Crippen molar-refractivity contribution in [3.8, 4) is 5.75 Å². The van der Waals surface area contributed by atoms with Crippen molar-refractivity contribution in [3.05, 3.63) is 126 Å². The van der Waals surface area contributed by atoms with E-state index in [1.54, 1.807) is 54.6 Å². The Kier molecular flexibility index (Phi) is 11.3. The summed E-state index contributed by atoms with van der Waals surface area (Å²) in [5, 5.41) is 2.91. The van der Waals surface area contributed by atoms with Gasteiger partial charge in [0.05, 0.1) is 17.2 Å². The fourth-order valence-corrected chi connectivity index (χ4v) is 6.28. The largest absolute Gasteiger partial charge is 0.494 e. The third-order valence-corrected chi connectivity index (χ3v) is 8.80. The van der Waals surface area contributed by atoms with Crippen LogP contribution in [0.5, 0.6) is 5.75 Å². The third kappa shape index (κ3) is 8.92. The second-order valence-electron chi connectivity index (χ2n) is 10.8. The van der Waals surface area contributed by atoms with Crippen LogP contribution in [0, 0.1) is 5.82 Å². The molecule has 0 bridgehead atoms. The fourth-order valence-electron chi connectivity index (χ4n) is 4.84. The maximum atomic E-state index is 14.4. The molecule has 0 saturated carbocycles. The van der Waals surface area contributed by atoms with Crippen LogP contribution in [0.1, 0.15) is 31.9 Å². The van der Waals surface area contributed by atoms with E-state index in [-0.39, 0.29) is 35.5 Å². The molecule has 8 nitrogen and oxygen atoms in total. The zero-order valence-corrected chi connectivity index (χ0v) is 26.4. The summed E-state index contributed by atoms with van der Waals surface area (Å²) < 4.78 is 48.5. The molecule has 2 amide bonds. The van der Waals surface area contributed by atoms with Crippen LogP contribution < -0.4 is 14.4 Å². The van der Waals surface area contributed by atoms with Crippen LogP contribution in [0.25, 0.3) is 0 Å². The Labute approximate surface area is 264 Å². The summed E-state index contributed by atoms with van der Waals surface area (Å²) >= 11 is 0. The van der Waals surface area contributed by atoms with Gasteiger partial charge in [0.25, 0.3) is 10.0 Å². The molecule has 0 radical (unpaired) electrons. The molecule has 1 N–H and O–H groups in total. The molecule has 1 atom stereocenters. The van der Waals surface area contributed by atoms with E-state index in [4.69, 9.17) is 4.74 Å². The first-order chi connectivity index (χ1) is 21.6. The fraction of sp³-hybridized carbons (Fsp3) is 0.257. The van der Waals surface area contributed by atoms with Gasteiger partial charge in [-0.1, -0.05) is 60.7 Å². The quantitative estimate of drug-likeness (QED) is 0.196. The number of anilines is 1. The summed E-state index contributed by atoms with van der Waals surface area (Å²) in [5.74, 6) is -0.878. The van der Waals surface area contributed by atoms with E-state index >= 15 is 0 Å². The molecule has 0 aliphatic carbocycles. The number of benzene rings is 4. The van der Waals surface area contributed by atoms with Crippen LogP contribution in [-0.2, 0) is 32.6 Å². The van der Waals surface area contributed by atoms with Gasteiger partial charge >= 0.3 is 0 Å². The lowest BCUT2D eigenvalue weighted by Gasteiger charge is -2.34. The van der Waals surface area contributed by atoms with Crippen molar-refractivity contribution in [2.24, 2.45) is 0 Å². The van der Waals surface area contributed by atoms with E-state index in [2.05, 4.69) is 5.32 Å². The summed E-state index contributed by atoms with van der Waals surface area (Å²) in [6.07, 6.45) is 0.181. The number of rotatable bonds is 14.